The zero-order valence-corrected chi connectivity index (χ0v) is 11.1. The quantitative estimate of drug-likeness (QED) is 0.533. The highest BCUT2D eigenvalue weighted by molar-refractivity contribution is 4.67. The maximum absolute atomic E-state index is 9.64. The van der Waals surface area contributed by atoms with E-state index in [0.29, 0.717) is 5.92 Å². The van der Waals surface area contributed by atoms with Gasteiger partial charge in [-0.25, -0.2) is 0 Å². The molecule has 2 N–H and O–H groups in total. The lowest BCUT2D eigenvalue weighted by atomic mass is 9.91. The standard InChI is InChI=1S/C14H30O2/c1-3-5-6-7-8-9-11-13(10-4-2)14(16)12-15/h13-16H,3-12H2,1-2H3. The van der Waals surface area contributed by atoms with Crippen molar-refractivity contribution < 1.29 is 10.2 Å². The molecule has 0 aliphatic heterocycles. The van der Waals surface area contributed by atoms with Gasteiger partial charge in [0.25, 0.3) is 0 Å². The van der Waals surface area contributed by atoms with Crippen LogP contribution in [0.25, 0.3) is 0 Å². The van der Waals surface area contributed by atoms with E-state index in [1.165, 1.54) is 38.5 Å². The van der Waals surface area contributed by atoms with Crippen LogP contribution in [0.4, 0.5) is 0 Å². The molecule has 0 rings (SSSR count). The summed E-state index contributed by atoms with van der Waals surface area (Å²) in [6.45, 7) is 4.29. The van der Waals surface area contributed by atoms with Gasteiger partial charge >= 0.3 is 0 Å². The fourth-order valence-electron chi connectivity index (χ4n) is 2.24. The van der Waals surface area contributed by atoms with Crippen molar-refractivity contribution in [1.29, 1.82) is 0 Å². The Morgan fingerprint density at radius 2 is 1.44 bits per heavy atom. The van der Waals surface area contributed by atoms with Crippen LogP contribution in [0, 0.1) is 5.92 Å². The minimum Gasteiger partial charge on any atom is -0.394 e. The molecular weight excluding hydrogens is 200 g/mol. The first kappa shape index (κ1) is 15.9. The lowest BCUT2D eigenvalue weighted by Gasteiger charge is -2.20. The Morgan fingerprint density at radius 3 is 2.00 bits per heavy atom. The van der Waals surface area contributed by atoms with Crippen molar-refractivity contribution in [3.63, 3.8) is 0 Å². The smallest absolute Gasteiger partial charge is 0.0799 e. The van der Waals surface area contributed by atoms with Gasteiger partial charge in [0.1, 0.15) is 0 Å². The normalized spacial score (nSPS) is 15.0. The van der Waals surface area contributed by atoms with Gasteiger partial charge in [-0.15, -0.1) is 0 Å². The minimum atomic E-state index is -0.504. The van der Waals surface area contributed by atoms with Gasteiger partial charge < -0.3 is 10.2 Å². The van der Waals surface area contributed by atoms with Gasteiger partial charge in [-0.3, -0.25) is 0 Å². The van der Waals surface area contributed by atoms with Crippen LogP contribution in [0.2, 0.25) is 0 Å². The lowest BCUT2D eigenvalue weighted by molar-refractivity contribution is 0.0390. The summed E-state index contributed by atoms with van der Waals surface area (Å²) in [5.41, 5.74) is 0. The van der Waals surface area contributed by atoms with E-state index in [1.807, 2.05) is 0 Å². The molecule has 0 spiro atoms. The third-order valence-electron chi connectivity index (χ3n) is 3.32. The summed E-state index contributed by atoms with van der Waals surface area (Å²) in [5.74, 6) is 0.307. The summed E-state index contributed by atoms with van der Waals surface area (Å²) in [6, 6.07) is 0. The monoisotopic (exact) mass is 230 g/mol. The molecule has 0 aromatic rings. The number of hydrogen-bond acceptors (Lipinski definition) is 2. The van der Waals surface area contributed by atoms with Crippen molar-refractivity contribution in [2.24, 2.45) is 5.92 Å². The van der Waals surface area contributed by atoms with Crippen molar-refractivity contribution in [2.75, 3.05) is 6.61 Å². The molecule has 0 saturated heterocycles. The van der Waals surface area contributed by atoms with Gasteiger partial charge in [-0.1, -0.05) is 58.8 Å². The molecule has 0 bridgehead atoms. The fraction of sp³-hybridized carbons (Fsp3) is 1.00. The number of rotatable bonds is 11. The Bertz CT molecular complexity index is 137. The molecular formula is C14H30O2. The van der Waals surface area contributed by atoms with E-state index in [9.17, 15) is 5.11 Å². The van der Waals surface area contributed by atoms with Gasteiger partial charge in [-0.05, 0) is 18.8 Å². The Labute approximate surface area is 101 Å². The number of aliphatic hydroxyl groups excluding tert-OH is 2. The summed E-state index contributed by atoms with van der Waals surface area (Å²) in [6.07, 6.45) is 10.5. The predicted molar refractivity (Wildman–Crippen MR) is 69.5 cm³/mol. The molecule has 0 aromatic carbocycles. The molecule has 2 unspecified atom stereocenters. The fourth-order valence-corrected chi connectivity index (χ4v) is 2.24. The van der Waals surface area contributed by atoms with Gasteiger partial charge in [0.2, 0.25) is 0 Å². The zero-order valence-electron chi connectivity index (χ0n) is 11.1. The first-order valence-electron chi connectivity index (χ1n) is 7.05. The Kier molecular flexibility index (Phi) is 11.3. The Balaban J connectivity index is 3.52. The highest BCUT2D eigenvalue weighted by Crippen LogP contribution is 2.20. The van der Waals surface area contributed by atoms with Crippen LogP contribution >= 0.6 is 0 Å². The second kappa shape index (κ2) is 11.4. The van der Waals surface area contributed by atoms with E-state index in [1.54, 1.807) is 0 Å². The van der Waals surface area contributed by atoms with Gasteiger partial charge in [-0.2, -0.15) is 0 Å². The van der Waals surface area contributed by atoms with Crippen molar-refractivity contribution in [2.45, 2.75) is 77.7 Å². The average molecular weight is 230 g/mol. The molecule has 0 fully saturated rings. The molecule has 0 aliphatic rings. The number of aliphatic hydroxyl groups is 2. The molecule has 0 heterocycles. The van der Waals surface area contributed by atoms with Crippen molar-refractivity contribution >= 4 is 0 Å². The summed E-state index contributed by atoms with van der Waals surface area (Å²) in [4.78, 5) is 0. The largest absolute Gasteiger partial charge is 0.394 e. The van der Waals surface area contributed by atoms with Crippen LogP contribution in [0.1, 0.15) is 71.6 Å². The van der Waals surface area contributed by atoms with Crippen molar-refractivity contribution in [3.05, 3.63) is 0 Å². The molecule has 2 heteroatoms. The third-order valence-corrected chi connectivity index (χ3v) is 3.32. The molecule has 0 aliphatic carbocycles. The second-order valence-electron chi connectivity index (χ2n) is 4.86. The SMILES string of the molecule is CCCCCCCCC(CCC)C(O)CO. The van der Waals surface area contributed by atoms with E-state index >= 15 is 0 Å². The van der Waals surface area contributed by atoms with Crippen LogP contribution in [0.5, 0.6) is 0 Å². The molecule has 0 saturated carbocycles. The summed E-state index contributed by atoms with van der Waals surface area (Å²) >= 11 is 0. The van der Waals surface area contributed by atoms with E-state index in [2.05, 4.69) is 13.8 Å². The summed E-state index contributed by atoms with van der Waals surface area (Å²) in [7, 11) is 0. The summed E-state index contributed by atoms with van der Waals surface area (Å²) < 4.78 is 0. The van der Waals surface area contributed by atoms with Gasteiger partial charge in [0.05, 0.1) is 12.7 Å². The molecule has 2 atom stereocenters. The molecule has 0 aromatic heterocycles. The highest BCUT2D eigenvalue weighted by atomic mass is 16.3. The van der Waals surface area contributed by atoms with E-state index < -0.39 is 6.10 Å². The molecule has 0 radical (unpaired) electrons. The Hall–Kier alpha value is -0.0800. The first-order valence-corrected chi connectivity index (χ1v) is 7.05. The average Bonchev–Trinajstić information content (AvgIpc) is 2.31. The topological polar surface area (TPSA) is 40.5 Å². The summed E-state index contributed by atoms with van der Waals surface area (Å²) in [5, 5.41) is 18.6. The van der Waals surface area contributed by atoms with E-state index in [-0.39, 0.29) is 6.61 Å². The maximum Gasteiger partial charge on any atom is 0.0799 e. The van der Waals surface area contributed by atoms with Crippen LogP contribution in [-0.2, 0) is 0 Å². The van der Waals surface area contributed by atoms with Crippen LogP contribution in [0.15, 0.2) is 0 Å². The number of hydrogen-bond donors (Lipinski definition) is 2. The van der Waals surface area contributed by atoms with E-state index in [4.69, 9.17) is 5.11 Å². The second-order valence-corrected chi connectivity index (χ2v) is 4.86. The lowest BCUT2D eigenvalue weighted by Crippen LogP contribution is -2.24. The predicted octanol–water partition coefficient (Wildman–Crippen LogP) is 3.51. The van der Waals surface area contributed by atoms with E-state index in [0.717, 1.165) is 19.3 Å². The first-order chi connectivity index (χ1) is 7.76. The molecule has 16 heavy (non-hydrogen) atoms. The molecule has 2 nitrogen and oxygen atoms in total. The third kappa shape index (κ3) is 8.12. The van der Waals surface area contributed by atoms with Crippen LogP contribution < -0.4 is 0 Å². The zero-order chi connectivity index (χ0) is 12.2. The van der Waals surface area contributed by atoms with Crippen molar-refractivity contribution in [1.82, 2.24) is 0 Å². The number of unbranched alkanes of at least 4 members (excludes halogenated alkanes) is 5. The van der Waals surface area contributed by atoms with Crippen LogP contribution in [0.3, 0.4) is 0 Å². The van der Waals surface area contributed by atoms with Gasteiger partial charge in [0.15, 0.2) is 0 Å². The minimum absolute atomic E-state index is 0.0828. The Morgan fingerprint density at radius 1 is 0.812 bits per heavy atom. The van der Waals surface area contributed by atoms with Gasteiger partial charge in [0, 0.05) is 0 Å². The molecule has 0 amide bonds. The maximum atomic E-state index is 9.64. The van der Waals surface area contributed by atoms with Crippen LogP contribution in [-0.4, -0.2) is 22.9 Å². The highest BCUT2D eigenvalue weighted by Gasteiger charge is 2.16. The van der Waals surface area contributed by atoms with Crippen molar-refractivity contribution in [3.8, 4) is 0 Å². The molecule has 98 valence electrons.